The van der Waals surface area contributed by atoms with Crippen LogP contribution in [0.4, 0.5) is 16.6 Å². The number of halogens is 1. The zero-order chi connectivity index (χ0) is 19.1. The molecule has 1 aliphatic rings. The molecule has 2 aromatic rings. The van der Waals surface area contributed by atoms with Gasteiger partial charge in [-0.15, -0.1) is 5.10 Å². The first-order valence-corrected chi connectivity index (χ1v) is 9.38. The summed E-state index contributed by atoms with van der Waals surface area (Å²) in [6.07, 6.45) is 2.93. The van der Waals surface area contributed by atoms with Crippen LogP contribution in [0.15, 0.2) is 30.5 Å². The van der Waals surface area contributed by atoms with Crippen LogP contribution in [-0.4, -0.2) is 51.9 Å². The Balaban J connectivity index is 1.51. The van der Waals surface area contributed by atoms with Crippen molar-refractivity contribution < 1.29 is 9.53 Å². The van der Waals surface area contributed by atoms with Gasteiger partial charge in [-0.3, -0.25) is 0 Å². The van der Waals surface area contributed by atoms with E-state index in [0.717, 1.165) is 18.4 Å². The molecule has 0 unspecified atom stereocenters. The van der Waals surface area contributed by atoms with Crippen molar-refractivity contribution in [3.05, 3.63) is 41.0 Å². The van der Waals surface area contributed by atoms with Gasteiger partial charge in [0, 0.05) is 30.7 Å². The zero-order valence-corrected chi connectivity index (χ0v) is 15.9. The Hall–Kier alpha value is -2.61. The molecule has 0 bridgehead atoms. The Bertz CT molecular complexity index is 767. The second-order valence-electron chi connectivity index (χ2n) is 6.21. The van der Waals surface area contributed by atoms with Crippen molar-refractivity contribution in [1.29, 1.82) is 0 Å². The fraction of sp³-hybridized carbons (Fsp3) is 0.444. The maximum atomic E-state index is 11.8. The number of carbonyl (C=O) groups is 1. The Labute approximate surface area is 163 Å². The largest absolute Gasteiger partial charge is 0.450 e. The number of rotatable bonds is 6. The predicted octanol–water partition coefficient (Wildman–Crippen LogP) is 3.17. The van der Waals surface area contributed by atoms with Crippen molar-refractivity contribution in [2.24, 2.45) is 0 Å². The summed E-state index contributed by atoms with van der Waals surface area (Å²) in [5.74, 6) is 1.09. The maximum Gasteiger partial charge on any atom is 0.409 e. The summed E-state index contributed by atoms with van der Waals surface area (Å²) < 4.78 is 5.04. The van der Waals surface area contributed by atoms with E-state index in [-0.39, 0.29) is 12.1 Å². The summed E-state index contributed by atoms with van der Waals surface area (Å²) in [6.45, 7) is 4.05. The average molecular weight is 391 g/mol. The summed E-state index contributed by atoms with van der Waals surface area (Å²) in [6, 6.07) is 7.84. The lowest BCUT2D eigenvalue weighted by Gasteiger charge is -2.31. The first-order chi connectivity index (χ1) is 13.2. The molecule has 1 aromatic heterocycles. The first-order valence-electron chi connectivity index (χ1n) is 9.01. The van der Waals surface area contributed by atoms with Crippen LogP contribution < -0.4 is 10.6 Å². The molecule has 1 aromatic carbocycles. The average Bonchev–Trinajstić information content (AvgIpc) is 2.68. The number of aromatic nitrogens is 3. The van der Waals surface area contributed by atoms with E-state index in [1.165, 1.54) is 0 Å². The van der Waals surface area contributed by atoms with Crippen LogP contribution in [0.25, 0.3) is 0 Å². The van der Waals surface area contributed by atoms with E-state index in [2.05, 4.69) is 25.8 Å². The van der Waals surface area contributed by atoms with E-state index in [1.807, 2.05) is 31.2 Å². The summed E-state index contributed by atoms with van der Waals surface area (Å²) in [4.78, 5) is 17.9. The Morgan fingerprint density at radius 1 is 1.33 bits per heavy atom. The highest BCUT2D eigenvalue weighted by Gasteiger charge is 2.24. The van der Waals surface area contributed by atoms with Gasteiger partial charge in [0.05, 0.1) is 12.8 Å². The second-order valence-corrected chi connectivity index (χ2v) is 6.62. The van der Waals surface area contributed by atoms with Gasteiger partial charge in [-0.2, -0.15) is 10.1 Å². The molecule has 0 aliphatic carbocycles. The van der Waals surface area contributed by atoms with Crippen LogP contribution in [0.3, 0.4) is 0 Å². The Morgan fingerprint density at radius 2 is 2.11 bits per heavy atom. The van der Waals surface area contributed by atoms with Gasteiger partial charge in [-0.25, -0.2) is 4.79 Å². The molecule has 1 fully saturated rings. The molecule has 2 heterocycles. The summed E-state index contributed by atoms with van der Waals surface area (Å²) in [5, 5.41) is 15.3. The lowest BCUT2D eigenvalue weighted by molar-refractivity contribution is 0.0983. The van der Waals surface area contributed by atoms with Crippen LogP contribution in [0.1, 0.15) is 25.3 Å². The molecule has 0 spiro atoms. The SMILES string of the molecule is CCOC(=O)N1CCC(Nc2nncc(NCc3ccccc3Cl)n2)CC1. The highest BCUT2D eigenvalue weighted by molar-refractivity contribution is 6.31. The third-order valence-electron chi connectivity index (χ3n) is 4.33. The Kier molecular flexibility index (Phi) is 6.64. The van der Waals surface area contributed by atoms with Crippen LogP contribution in [0.2, 0.25) is 5.02 Å². The van der Waals surface area contributed by atoms with E-state index in [4.69, 9.17) is 16.3 Å². The third-order valence-corrected chi connectivity index (χ3v) is 4.70. The lowest BCUT2D eigenvalue weighted by atomic mass is 10.1. The number of nitrogens with zero attached hydrogens (tertiary/aromatic N) is 4. The number of likely N-dealkylation sites (tertiary alicyclic amines) is 1. The number of piperidine rings is 1. The van der Waals surface area contributed by atoms with Gasteiger partial charge in [0.15, 0.2) is 5.82 Å². The normalized spacial score (nSPS) is 14.7. The second kappa shape index (κ2) is 9.36. The number of hydrogen-bond donors (Lipinski definition) is 2. The van der Waals surface area contributed by atoms with Crippen LogP contribution in [-0.2, 0) is 11.3 Å². The minimum atomic E-state index is -0.250. The topological polar surface area (TPSA) is 92.3 Å². The predicted molar refractivity (Wildman–Crippen MR) is 104 cm³/mol. The van der Waals surface area contributed by atoms with Crippen molar-refractivity contribution in [1.82, 2.24) is 20.1 Å². The zero-order valence-electron chi connectivity index (χ0n) is 15.2. The van der Waals surface area contributed by atoms with Crippen molar-refractivity contribution >= 4 is 29.5 Å². The quantitative estimate of drug-likeness (QED) is 0.782. The molecule has 1 saturated heterocycles. The maximum absolute atomic E-state index is 11.8. The Morgan fingerprint density at radius 3 is 2.85 bits per heavy atom. The molecule has 27 heavy (non-hydrogen) atoms. The summed E-state index contributed by atoms with van der Waals surface area (Å²) in [7, 11) is 0. The molecule has 2 N–H and O–H groups in total. The first kappa shape index (κ1) is 19.2. The molecule has 1 aliphatic heterocycles. The molecule has 0 atom stereocenters. The molecule has 0 radical (unpaired) electrons. The molecule has 1 amide bonds. The van der Waals surface area contributed by atoms with Crippen molar-refractivity contribution in [2.45, 2.75) is 32.4 Å². The molecule has 0 saturated carbocycles. The summed E-state index contributed by atoms with van der Waals surface area (Å²) in [5.41, 5.74) is 0.985. The number of ether oxygens (including phenoxy) is 1. The standard InChI is InChI=1S/C18H23ClN6O2/c1-2-27-18(26)25-9-7-14(8-10-25)22-17-23-16(12-21-24-17)20-11-13-5-3-4-6-15(13)19/h3-6,12,14H,2,7-11H2,1H3,(H2,20,22,23,24). The van der Waals surface area contributed by atoms with E-state index >= 15 is 0 Å². The van der Waals surface area contributed by atoms with Crippen molar-refractivity contribution in [2.75, 3.05) is 30.3 Å². The van der Waals surface area contributed by atoms with Gasteiger partial charge in [0.2, 0.25) is 5.95 Å². The van der Waals surface area contributed by atoms with Gasteiger partial charge in [-0.1, -0.05) is 29.8 Å². The van der Waals surface area contributed by atoms with Gasteiger partial charge in [-0.05, 0) is 31.4 Å². The van der Waals surface area contributed by atoms with E-state index in [0.29, 0.717) is 43.0 Å². The number of benzene rings is 1. The number of nitrogens with one attached hydrogen (secondary N) is 2. The van der Waals surface area contributed by atoms with E-state index in [1.54, 1.807) is 11.1 Å². The van der Waals surface area contributed by atoms with E-state index in [9.17, 15) is 4.79 Å². The number of anilines is 2. The number of hydrogen-bond acceptors (Lipinski definition) is 7. The molecule has 8 nitrogen and oxygen atoms in total. The number of amides is 1. The van der Waals surface area contributed by atoms with Gasteiger partial charge in [0.1, 0.15) is 0 Å². The minimum Gasteiger partial charge on any atom is -0.450 e. The van der Waals surface area contributed by atoms with E-state index < -0.39 is 0 Å². The van der Waals surface area contributed by atoms with Crippen LogP contribution >= 0.6 is 11.6 Å². The number of carbonyl (C=O) groups excluding carboxylic acids is 1. The van der Waals surface area contributed by atoms with Gasteiger partial charge >= 0.3 is 6.09 Å². The lowest BCUT2D eigenvalue weighted by Crippen LogP contribution is -2.42. The van der Waals surface area contributed by atoms with Gasteiger partial charge < -0.3 is 20.3 Å². The minimum absolute atomic E-state index is 0.191. The molecular formula is C18H23ClN6O2. The van der Waals surface area contributed by atoms with Crippen molar-refractivity contribution in [3.8, 4) is 0 Å². The molecule has 144 valence electrons. The third kappa shape index (κ3) is 5.43. The highest BCUT2D eigenvalue weighted by atomic mass is 35.5. The fourth-order valence-corrected chi connectivity index (χ4v) is 3.08. The van der Waals surface area contributed by atoms with Crippen LogP contribution in [0.5, 0.6) is 0 Å². The molecule has 9 heteroatoms. The monoisotopic (exact) mass is 390 g/mol. The highest BCUT2D eigenvalue weighted by Crippen LogP contribution is 2.18. The summed E-state index contributed by atoms with van der Waals surface area (Å²) >= 11 is 6.17. The smallest absolute Gasteiger partial charge is 0.409 e. The molecular weight excluding hydrogens is 368 g/mol. The van der Waals surface area contributed by atoms with Crippen molar-refractivity contribution in [3.63, 3.8) is 0 Å². The van der Waals surface area contributed by atoms with Gasteiger partial charge in [0.25, 0.3) is 0 Å². The van der Waals surface area contributed by atoms with Crippen LogP contribution in [0, 0.1) is 0 Å². The molecule has 3 rings (SSSR count). The fourth-order valence-electron chi connectivity index (χ4n) is 2.88.